The Hall–Kier alpha value is -4.23. The molecule has 2 atom stereocenters. The number of fused-ring (bicyclic) bond motifs is 1. The molecule has 2 N–H and O–H groups in total. The third kappa shape index (κ3) is 6.80. The van der Waals surface area contributed by atoms with Crippen molar-refractivity contribution in [1.82, 2.24) is 29.9 Å². The van der Waals surface area contributed by atoms with Crippen LogP contribution in [0.25, 0.3) is 10.9 Å². The van der Waals surface area contributed by atoms with E-state index in [9.17, 15) is 5.26 Å². The van der Waals surface area contributed by atoms with Crippen molar-refractivity contribution in [3.63, 3.8) is 0 Å². The van der Waals surface area contributed by atoms with E-state index in [0.29, 0.717) is 26.8 Å². The van der Waals surface area contributed by atoms with Gasteiger partial charge in [0.25, 0.3) is 0 Å². The standard InChI is InChI=1S/C35H37Cl2N9/c1-22(24-6-5-13-39-19-24)41-32-25(18-38)20-40-34-29(32)16-27(17-30(34)37)42-33(23-7-9-26(36)10-8-23)31-21-46(44-43-31)28-11-14-45(15-12-28)35(2,3)4/h5-10,13,16-17,19-22,28,33,42H,11-12,14-15H2,1-4H3,(H,40,41). The number of nitrogens with one attached hydrogen (secondary N) is 2. The van der Waals surface area contributed by atoms with Crippen LogP contribution in [0.5, 0.6) is 0 Å². The van der Waals surface area contributed by atoms with E-state index in [1.165, 1.54) is 0 Å². The number of anilines is 2. The van der Waals surface area contributed by atoms with Gasteiger partial charge in [-0.1, -0.05) is 46.6 Å². The van der Waals surface area contributed by atoms with Crippen molar-refractivity contribution >= 4 is 45.5 Å². The van der Waals surface area contributed by atoms with Crippen LogP contribution in [0.1, 0.15) is 81.0 Å². The third-order valence-electron chi connectivity index (χ3n) is 8.72. The zero-order valence-electron chi connectivity index (χ0n) is 26.4. The molecule has 11 heteroatoms. The number of benzene rings is 2. The van der Waals surface area contributed by atoms with Gasteiger partial charge in [-0.2, -0.15) is 5.26 Å². The number of nitriles is 1. The first kappa shape index (κ1) is 31.7. The fourth-order valence-electron chi connectivity index (χ4n) is 6.07. The lowest BCUT2D eigenvalue weighted by molar-refractivity contribution is 0.0866. The van der Waals surface area contributed by atoms with Gasteiger partial charge >= 0.3 is 0 Å². The van der Waals surface area contributed by atoms with E-state index in [2.05, 4.69) is 62.7 Å². The van der Waals surface area contributed by atoms with E-state index in [-0.39, 0.29) is 23.7 Å². The Morgan fingerprint density at radius 3 is 2.43 bits per heavy atom. The smallest absolute Gasteiger partial charge is 0.109 e. The molecule has 9 nitrogen and oxygen atoms in total. The average Bonchev–Trinajstić information content (AvgIpc) is 3.55. The van der Waals surface area contributed by atoms with Crippen LogP contribution in [0.3, 0.4) is 0 Å². The Bertz CT molecular complexity index is 1850. The van der Waals surface area contributed by atoms with Gasteiger partial charge in [0.2, 0.25) is 0 Å². The lowest BCUT2D eigenvalue weighted by atomic mass is 9.98. The molecule has 1 aliphatic rings. The summed E-state index contributed by atoms with van der Waals surface area (Å²) in [5, 5.41) is 28.3. The van der Waals surface area contributed by atoms with Gasteiger partial charge in [0.05, 0.1) is 46.1 Å². The largest absolute Gasteiger partial charge is 0.377 e. The Balaban J connectivity index is 1.34. The van der Waals surface area contributed by atoms with E-state index >= 15 is 0 Å². The third-order valence-corrected chi connectivity index (χ3v) is 9.26. The van der Waals surface area contributed by atoms with Gasteiger partial charge in [0.1, 0.15) is 11.8 Å². The van der Waals surface area contributed by atoms with Crippen molar-refractivity contribution in [2.75, 3.05) is 23.7 Å². The van der Waals surface area contributed by atoms with Gasteiger partial charge in [-0.05, 0) is 82.0 Å². The monoisotopic (exact) mass is 653 g/mol. The SMILES string of the molecule is CC(Nc1c(C#N)cnc2c(Cl)cc(NC(c3ccc(Cl)cc3)c3cn(C4CCN(C(C)(C)C)CC4)nn3)cc12)c1cccnc1. The summed E-state index contributed by atoms with van der Waals surface area (Å²) < 4.78 is 2.01. The van der Waals surface area contributed by atoms with Crippen LogP contribution < -0.4 is 10.6 Å². The predicted octanol–water partition coefficient (Wildman–Crippen LogP) is 8.21. The molecular weight excluding hydrogens is 617 g/mol. The summed E-state index contributed by atoms with van der Waals surface area (Å²) in [4.78, 5) is 11.3. The number of likely N-dealkylation sites (tertiary alicyclic amines) is 1. The minimum absolute atomic E-state index is 0.117. The minimum atomic E-state index is -0.341. The molecule has 0 radical (unpaired) electrons. The lowest BCUT2D eigenvalue weighted by Crippen LogP contribution is -2.46. The topological polar surface area (TPSA) is 108 Å². The van der Waals surface area contributed by atoms with Crippen molar-refractivity contribution < 1.29 is 0 Å². The zero-order chi connectivity index (χ0) is 32.4. The molecule has 6 rings (SSSR count). The van der Waals surface area contributed by atoms with E-state index in [4.69, 9.17) is 23.2 Å². The van der Waals surface area contributed by atoms with Crippen molar-refractivity contribution in [3.8, 4) is 6.07 Å². The zero-order valence-corrected chi connectivity index (χ0v) is 27.9. The first-order valence-electron chi connectivity index (χ1n) is 15.5. The molecule has 0 bridgehead atoms. The van der Waals surface area contributed by atoms with Crippen molar-refractivity contribution in [2.24, 2.45) is 0 Å². The normalized spacial score (nSPS) is 15.8. The second-order valence-corrected chi connectivity index (χ2v) is 13.7. The molecule has 3 aromatic heterocycles. The predicted molar refractivity (Wildman–Crippen MR) is 184 cm³/mol. The fraction of sp³-hybridized carbons (Fsp3) is 0.343. The number of nitrogens with zero attached hydrogens (tertiary/aromatic N) is 7. The molecule has 1 saturated heterocycles. The first-order valence-corrected chi connectivity index (χ1v) is 16.2. The number of pyridine rings is 2. The van der Waals surface area contributed by atoms with Crippen LogP contribution in [-0.2, 0) is 0 Å². The summed E-state index contributed by atoms with van der Waals surface area (Å²) in [7, 11) is 0. The Morgan fingerprint density at radius 1 is 1.00 bits per heavy atom. The van der Waals surface area contributed by atoms with Crippen LogP contribution >= 0.6 is 23.2 Å². The summed E-state index contributed by atoms with van der Waals surface area (Å²) >= 11 is 13.1. The minimum Gasteiger partial charge on any atom is -0.377 e. The van der Waals surface area contributed by atoms with Gasteiger partial charge in [0.15, 0.2) is 0 Å². The van der Waals surface area contributed by atoms with Crippen LogP contribution in [0.15, 0.2) is 73.3 Å². The van der Waals surface area contributed by atoms with E-state index < -0.39 is 0 Å². The van der Waals surface area contributed by atoms with Crippen LogP contribution in [0.2, 0.25) is 10.0 Å². The van der Waals surface area contributed by atoms with Gasteiger partial charge < -0.3 is 10.6 Å². The van der Waals surface area contributed by atoms with Crippen molar-refractivity contribution in [1.29, 1.82) is 5.26 Å². The Labute approximate surface area is 279 Å². The van der Waals surface area contributed by atoms with E-state index in [0.717, 1.165) is 53.8 Å². The van der Waals surface area contributed by atoms with E-state index in [1.807, 2.05) is 72.5 Å². The van der Waals surface area contributed by atoms with Crippen LogP contribution in [0.4, 0.5) is 11.4 Å². The van der Waals surface area contributed by atoms with Gasteiger partial charge in [-0.3, -0.25) is 14.9 Å². The molecule has 46 heavy (non-hydrogen) atoms. The number of rotatable bonds is 8. The molecule has 2 aromatic carbocycles. The van der Waals surface area contributed by atoms with Crippen LogP contribution in [0, 0.1) is 11.3 Å². The molecule has 5 aromatic rings. The van der Waals surface area contributed by atoms with Gasteiger partial charge in [0, 0.05) is 53.3 Å². The Kier molecular flexibility index (Phi) is 9.14. The number of aromatic nitrogens is 5. The molecule has 2 unspecified atom stereocenters. The molecule has 0 spiro atoms. The molecule has 1 fully saturated rings. The molecule has 0 amide bonds. The molecule has 1 aliphatic heterocycles. The maximum Gasteiger partial charge on any atom is 0.109 e. The number of hydrogen-bond acceptors (Lipinski definition) is 8. The highest BCUT2D eigenvalue weighted by atomic mass is 35.5. The van der Waals surface area contributed by atoms with Crippen molar-refractivity contribution in [2.45, 2.75) is 64.2 Å². The molecule has 236 valence electrons. The van der Waals surface area contributed by atoms with Crippen molar-refractivity contribution in [3.05, 3.63) is 106 Å². The lowest BCUT2D eigenvalue weighted by Gasteiger charge is -2.40. The highest BCUT2D eigenvalue weighted by molar-refractivity contribution is 6.36. The molecule has 4 heterocycles. The number of piperidine rings is 1. The number of hydrogen-bond donors (Lipinski definition) is 2. The van der Waals surface area contributed by atoms with Crippen LogP contribution in [-0.4, -0.2) is 48.5 Å². The molecule has 0 saturated carbocycles. The summed E-state index contributed by atoms with van der Waals surface area (Å²) in [6.07, 6.45) is 9.18. The average molecular weight is 655 g/mol. The Morgan fingerprint density at radius 2 is 1.76 bits per heavy atom. The summed E-state index contributed by atoms with van der Waals surface area (Å²) in [5.41, 5.74) is 5.33. The second-order valence-electron chi connectivity index (χ2n) is 12.8. The number of halogens is 2. The second kappa shape index (κ2) is 13.2. The quantitative estimate of drug-likeness (QED) is 0.172. The highest BCUT2D eigenvalue weighted by Crippen LogP contribution is 2.37. The maximum absolute atomic E-state index is 10.0. The molecule has 0 aliphatic carbocycles. The summed E-state index contributed by atoms with van der Waals surface area (Å²) in [6, 6.07) is 17.5. The van der Waals surface area contributed by atoms with E-state index in [1.54, 1.807) is 12.4 Å². The first-order chi connectivity index (χ1) is 22.1. The summed E-state index contributed by atoms with van der Waals surface area (Å²) in [5.74, 6) is 0. The van der Waals surface area contributed by atoms with Gasteiger partial charge in [-0.15, -0.1) is 5.10 Å². The summed E-state index contributed by atoms with van der Waals surface area (Å²) in [6.45, 7) is 10.9. The highest BCUT2D eigenvalue weighted by Gasteiger charge is 2.29. The van der Waals surface area contributed by atoms with Gasteiger partial charge in [-0.25, -0.2) is 4.68 Å². The maximum atomic E-state index is 10.0. The fourth-order valence-corrected chi connectivity index (χ4v) is 6.46. The molecular formula is C35H37Cl2N9.